The Morgan fingerprint density at radius 3 is 2.50 bits per heavy atom. The summed E-state index contributed by atoms with van der Waals surface area (Å²) in [6.07, 6.45) is 3.76. The van der Waals surface area contributed by atoms with Crippen molar-refractivity contribution in [1.82, 2.24) is 10.9 Å². The summed E-state index contributed by atoms with van der Waals surface area (Å²) >= 11 is 12.0. The van der Waals surface area contributed by atoms with Crippen molar-refractivity contribution in [2.45, 2.75) is 25.9 Å². The van der Waals surface area contributed by atoms with Crippen LogP contribution in [0.25, 0.3) is 0 Å². The van der Waals surface area contributed by atoms with Crippen LogP contribution in [-0.2, 0) is 14.4 Å². The van der Waals surface area contributed by atoms with Crippen LogP contribution in [0.3, 0.4) is 0 Å². The number of aliphatic carboxylic acids is 1. The van der Waals surface area contributed by atoms with E-state index in [9.17, 15) is 19.5 Å². The third-order valence-electron chi connectivity index (χ3n) is 5.18. The number of benzene rings is 1. The van der Waals surface area contributed by atoms with Crippen molar-refractivity contribution in [2.24, 2.45) is 23.7 Å². The number of ether oxygens (including phenoxy) is 1. The summed E-state index contributed by atoms with van der Waals surface area (Å²) in [5, 5.41) is 10.1. The van der Waals surface area contributed by atoms with Gasteiger partial charge in [-0.1, -0.05) is 42.3 Å². The molecule has 5 atom stereocenters. The lowest BCUT2D eigenvalue weighted by Gasteiger charge is -2.24. The molecule has 3 N–H and O–H groups in total. The van der Waals surface area contributed by atoms with Crippen LogP contribution in [0.2, 0.25) is 10.0 Å². The first kappa shape index (κ1) is 20.5. The van der Waals surface area contributed by atoms with E-state index in [0.717, 1.165) is 0 Å². The van der Waals surface area contributed by atoms with Crippen LogP contribution in [-0.4, -0.2) is 29.0 Å². The predicted octanol–water partition coefficient (Wildman–Crippen LogP) is 2.82. The highest BCUT2D eigenvalue weighted by molar-refractivity contribution is 6.34. The van der Waals surface area contributed by atoms with Gasteiger partial charge in [-0.05, 0) is 36.8 Å². The molecule has 0 saturated heterocycles. The first-order chi connectivity index (χ1) is 13.3. The number of amides is 2. The van der Waals surface area contributed by atoms with Gasteiger partial charge in [0.2, 0.25) is 5.91 Å². The van der Waals surface area contributed by atoms with Gasteiger partial charge in [-0.2, -0.15) is 0 Å². The topological polar surface area (TPSA) is 105 Å². The van der Waals surface area contributed by atoms with Crippen LogP contribution in [0.4, 0.5) is 0 Å². The van der Waals surface area contributed by atoms with E-state index >= 15 is 0 Å². The number of carboxylic acids is 1. The van der Waals surface area contributed by atoms with Crippen LogP contribution in [0, 0.1) is 23.7 Å². The Balaban J connectivity index is 1.60. The zero-order valence-corrected chi connectivity index (χ0v) is 16.5. The molecular formula is C19H20Cl2N2O5. The van der Waals surface area contributed by atoms with Crippen LogP contribution < -0.4 is 15.6 Å². The lowest BCUT2D eigenvalue weighted by atomic mass is 9.82. The van der Waals surface area contributed by atoms with Gasteiger partial charge in [0.05, 0.1) is 16.9 Å². The maximum Gasteiger partial charge on any atom is 0.307 e. The number of nitrogens with one attached hydrogen (secondary N) is 2. The number of halogens is 2. The Morgan fingerprint density at radius 2 is 1.86 bits per heavy atom. The summed E-state index contributed by atoms with van der Waals surface area (Å²) in [7, 11) is 0. The number of carbonyl (C=O) groups excluding carboxylic acids is 2. The van der Waals surface area contributed by atoms with E-state index in [1.165, 1.54) is 6.07 Å². The maximum absolute atomic E-state index is 12.5. The molecule has 7 nitrogen and oxygen atoms in total. The average molecular weight is 427 g/mol. The Bertz CT molecular complexity index is 829. The second kappa shape index (κ2) is 8.41. The molecule has 3 rings (SSSR count). The second-order valence-electron chi connectivity index (χ2n) is 6.91. The molecule has 0 heterocycles. The average Bonchev–Trinajstić information content (AvgIpc) is 3.27. The molecule has 1 aromatic rings. The highest BCUT2D eigenvalue weighted by Crippen LogP contribution is 2.48. The Morgan fingerprint density at radius 1 is 1.18 bits per heavy atom. The molecule has 0 aliphatic heterocycles. The van der Waals surface area contributed by atoms with E-state index in [2.05, 4.69) is 10.9 Å². The van der Waals surface area contributed by atoms with Gasteiger partial charge in [-0.15, -0.1) is 0 Å². The number of allylic oxidation sites excluding steroid dienone is 2. The summed E-state index contributed by atoms with van der Waals surface area (Å²) in [4.78, 5) is 36.4. The normalized spacial score (nSPS) is 26.0. The third kappa shape index (κ3) is 4.10. The summed E-state index contributed by atoms with van der Waals surface area (Å²) < 4.78 is 5.62. The van der Waals surface area contributed by atoms with Gasteiger partial charge in [-0.25, -0.2) is 0 Å². The number of hydrazine groups is 1. The quantitative estimate of drug-likeness (QED) is 0.479. The number of carbonyl (C=O) groups is 3. The minimum absolute atomic E-state index is 0.133. The van der Waals surface area contributed by atoms with E-state index in [0.29, 0.717) is 22.9 Å². The minimum Gasteiger partial charge on any atom is -0.481 e. The second-order valence-corrected chi connectivity index (χ2v) is 7.75. The molecule has 0 unspecified atom stereocenters. The molecule has 2 aliphatic carbocycles. The fourth-order valence-corrected chi connectivity index (χ4v) is 4.17. The smallest absolute Gasteiger partial charge is 0.307 e. The van der Waals surface area contributed by atoms with Crippen molar-refractivity contribution in [2.75, 3.05) is 0 Å². The number of rotatable bonds is 6. The van der Waals surface area contributed by atoms with Gasteiger partial charge in [0, 0.05) is 11.1 Å². The zero-order valence-electron chi connectivity index (χ0n) is 15.0. The molecular weight excluding hydrogens is 407 g/mol. The largest absolute Gasteiger partial charge is 0.481 e. The van der Waals surface area contributed by atoms with Gasteiger partial charge >= 0.3 is 5.97 Å². The van der Waals surface area contributed by atoms with Crippen LogP contribution >= 0.6 is 23.2 Å². The van der Waals surface area contributed by atoms with E-state index in [-0.39, 0.29) is 17.6 Å². The molecule has 0 radical (unpaired) electrons. The zero-order chi connectivity index (χ0) is 20.4. The first-order valence-electron chi connectivity index (χ1n) is 8.94. The molecule has 150 valence electrons. The fraction of sp³-hybridized carbons (Fsp3) is 0.421. The van der Waals surface area contributed by atoms with Gasteiger partial charge in [0.25, 0.3) is 5.91 Å². The lowest BCUT2D eigenvalue weighted by Crippen LogP contribution is -2.51. The molecule has 9 heteroatoms. The standard InChI is InChI=1S/C19H20Cl2N2O5/c1-2-13(28-14-8-11(20)5-6-12(14)21)17(24)22-23-18(25)15-9-3-4-10(7-9)16(15)19(26)27/h3-6,8-10,13,15-16H,2,7H2,1H3,(H,22,24)(H,23,25)(H,26,27)/t9-,10-,13-,15-,16-/m0/s1. The van der Waals surface area contributed by atoms with E-state index < -0.39 is 35.7 Å². The monoisotopic (exact) mass is 426 g/mol. The molecule has 0 spiro atoms. The molecule has 1 aromatic carbocycles. The molecule has 1 saturated carbocycles. The summed E-state index contributed by atoms with van der Waals surface area (Å²) in [6.45, 7) is 1.74. The van der Waals surface area contributed by atoms with Crippen molar-refractivity contribution >= 4 is 41.0 Å². The van der Waals surface area contributed by atoms with E-state index in [1.54, 1.807) is 19.1 Å². The van der Waals surface area contributed by atoms with Gasteiger partial charge in [0.15, 0.2) is 6.10 Å². The molecule has 2 amide bonds. The molecule has 2 aliphatic rings. The van der Waals surface area contributed by atoms with Crippen molar-refractivity contribution < 1.29 is 24.2 Å². The van der Waals surface area contributed by atoms with Gasteiger partial charge in [0.1, 0.15) is 5.75 Å². The van der Waals surface area contributed by atoms with Crippen molar-refractivity contribution in [1.29, 1.82) is 0 Å². The molecule has 1 fully saturated rings. The molecule has 28 heavy (non-hydrogen) atoms. The molecule has 2 bridgehead atoms. The third-order valence-corrected chi connectivity index (χ3v) is 5.73. The van der Waals surface area contributed by atoms with Crippen molar-refractivity contribution in [3.8, 4) is 5.75 Å². The van der Waals surface area contributed by atoms with Crippen LogP contribution in [0.5, 0.6) is 5.75 Å². The Kier molecular flexibility index (Phi) is 6.15. The van der Waals surface area contributed by atoms with Gasteiger partial charge < -0.3 is 9.84 Å². The van der Waals surface area contributed by atoms with Crippen LogP contribution in [0.15, 0.2) is 30.4 Å². The van der Waals surface area contributed by atoms with Gasteiger partial charge in [-0.3, -0.25) is 25.2 Å². The highest BCUT2D eigenvalue weighted by atomic mass is 35.5. The summed E-state index contributed by atoms with van der Waals surface area (Å²) in [6, 6.07) is 4.65. The Hall–Kier alpha value is -2.25. The van der Waals surface area contributed by atoms with Crippen molar-refractivity contribution in [3.05, 3.63) is 40.4 Å². The number of carboxylic acid groups (broad SMARTS) is 1. The maximum atomic E-state index is 12.5. The van der Waals surface area contributed by atoms with Crippen LogP contribution in [0.1, 0.15) is 19.8 Å². The van der Waals surface area contributed by atoms with E-state index in [4.69, 9.17) is 27.9 Å². The summed E-state index contributed by atoms with van der Waals surface area (Å²) in [5.74, 6) is -3.62. The number of hydrogen-bond acceptors (Lipinski definition) is 4. The number of hydrogen-bond donors (Lipinski definition) is 3. The lowest BCUT2D eigenvalue weighted by molar-refractivity contribution is -0.148. The summed E-state index contributed by atoms with van der Waals surface area (Å²) in [5.41, 5.74) is 4.67. The number of fused-ring (bicyclic) bond motifs is 2. The first-order valence-corrected chi connectivity index (χ1v) is 9.70. The SMILES string of the molecule is CC[C@H](Oc1cc(Cl)ccc1Cl)C(=O)NNC(=O)[C@@H]1[C@@H](C(=O)O)[C@H]2C=C[C@H]1C2. The minimum atomic E-state index is -1.01. The van der Waals surface area contributed by atoms with E-state index in [1.807, 2.05) is 12.2 Å². The predicted molar refractivity (Wildman–Crippen MR) is 103 cm³/mol. The van der Waals surface area contributed by atoms with Crippen molar-refractivity contribution in [3.63, 3.8) is 0 Å². The molecule has 0 aromatic heterocycles. The highest BCUT2D eigenvalue weighted by Gasteiger charge is 2.51. The fourth-order valence-electron chi connectivity index (χ4n) is 3.85. The Labute approximate surface area is 172 Å².